The van der Waals surface area contributed by atoms with E-state index in [0.29, 0.717) is 5.56 Å². The predicted molar refractivity (Wildman–Crippen MR) is 68.2 cm³/mol. The van der Waals surface area contributed by atoms with Crippen molar-refractivity contribution in [3.8, 4) is 5.75 Å². The van der Waals surface area contributed by atoms with E-state index in [4.69, 9.17) is 10.2 Å². The Kier molecular flexibility index (Phi) is 5.52. The maximum Gasteiger partial charge on any atom is 0.326 e. The first-order valence-corrected chi connectivity index (χ1v) is 5.90. The molecule has 20 heavy (non-hydrogen) atoms. The van der Waals surface area contributed by atoms with Gasteiger partial charge in [0.25, 0.3) is 0 Å². The molecule has 1 amide bonds. The number of hydrogen-bond acceptors (Lipinski definition) is 4. The molecule has 0 bridgehead atoms. The molecule has 0 heterocycles. The Balaban J connectivity index is 2.57. The van der Waals surface area contributed by atoms with E-state index in [0.717, 1.165) is 0 Å². The van der Waals surface area contributed by atoms with Crippen LogP contribution in [0, 0.1) is 0 Å². The van der Waals surface area contributed by atoms with Crippen molar-refractivity contribution in [3.05, 3.63) is 29.8 Å². The fourth-order valence-electron chi connectivity index (χ4n) is 1.62. The smallest absolute Gasteiger partial charge is 0.326 e. The van der Waals surface area contributed by atoms with Gasteiger partial charge >= 0.3 is 11.9 Å². The number of aromatic hydroxyl groups is 1. The largest absolute Gasteiger partial charge is 0.508 e. The standard InChI is InChI=1S/C13H15NO6/c15-9-3-1-2-8(6-9)7-11(16)14-10(13(19)20)4-5-12(17)18/h1-3,6,10,15H,4-5,7H2,(H,14,16)(H,17,18)(H,19,20)/t10-/m0/s1. The third-order valence-corrected chi connectivity index (χ3v) is 2.56. The first-order chi connectivity index (χ1) is 9.38. The minimum atomic E-state index is -1.28. The summed E-state index contributed by atoms with van der Waals surface area (Å²) < 4.78 is 0. The molecule has 1 rings (SSSR count). The summed E-state index contributed by atoms with van der Waals surface area (Å²) in [5.74, 6) is -2.95. The number of carboxylic acid groups (broad SMARTS) is 2. The number of benzene rings is 1. The van der Waals surface area contributed by atoms with Crippen molar-refractivity contribution in [1.82, 2.24) is 5.32 Å². The zero-order valence-corrected chi connectivity index (χ0v) is 10.6. The van der Waals surface area contributed by atoms with Gasteiger partial charge in [-0.3, -0.25) is 9.59 Å². The minimum Gasteiger partial charge on any atom is -0.508 e. The first kappa shape index (κ1) is 15.5. The molecule has 0 spiro atoms. The van der Waals surface area contributed by atoms with Gasteiger partial charge in [0.15, 0.2) is 0 Å². The summed E-state index contributed by atoms with van der Waals surface area (Å²) in [5, 5.41) is 28.9. The average Bonchev–Trinajstić information content (AvgIpc) is 2.33. The highest BCUT2D eigenvalue weighted by Crippen LogP contribution is 2.11. The van der Waals surface area contributed by atoms with Crippen molar-refractivity contribution in [2.75, 3.05) is 0 Å². The molecule has 1 atom stereocenters. The lowest BCUT2D eigenvalue weighted by Crippen LogP contribution is -2.41. The Morgan fingerprint density at radius 1 is 1.20 bits per heavy atom. The van der Waals surface area contributed by atoms with Gasteiger partial charge in [-0.05, 0) is 24.1 Å². The van der Waals surface area contributed by atoms with Gasteiger partial charge in [0, 0.05) is 6.42 Å². The average molecular weight is 281 g/mol. The minimum absolute atomic E-state index is 0.0101. The van der Waals surface area contributed by atoms with E-state index >= 15 is 0 Å². The molecule has 0 saturated carbocycles. The van der Waals surface area contributed by atoms with Crippen molar-refractivity contribution < 1.29 is 29.7 Å². The molecule has 0 radical (unpaired) electrons. The van der Waals surface area contributed by atoms with Crippen LogP contribution in [0.4, 0.5) is 0 Å². The molecule has 0 saturated heterocycles. The Morgan fingerprint density at radius 3 is 2.45 bits per heavy atom. The number of amides is 1. The van der Waals surface area contributed by atoms with Crippen LogP contribution in [-0.2, 0) is 20.8 Å². The predicted octanol–water partition coefficient (Wildman–Crippen LogP) is 0.369. The highest BCUT2D eigenvalue weighted by Gasteiger charge is 2.20. The summed E-state index contributed by atoms with van der Waals surface area (Å²) in [6.07, 6.45) is -0.620. The lowest BCUT2D eigenvalue weighted by molar-refractivity contribution is -0.143. The molecule has 0 aliphatic carbocycles. The molecule has 7 nitrogen and oxygen atoms in total. The fraction of sp³-hybridized carbons (Fsp3) is 0.308. The van der Waals surface area contributed by atoms with Gasteiger partial charge in [-0.1, -0.05) is 12.1 Å². The molecule has 0 unspecified atom stereocenters. The van der Waals surface area contributed by atoms with Gasteiger partial charge in [0.05, 0.1) is 6.42 Å². The second-order valence-electron chi connectivity index (χ2n) is 4.24. The van der Waals surface area contributed by atoms with Gasteiger partial charge in [-0.2, -0.15) is 0 Å². The van der Waals surface area contributed by atoms with Crippen LogP contribution in [-0.4, -0.2) is 39.2 Å². The molecule has 0 aromatic heterocycles. The Hall–Kier alpha value is -2.57. The molecule has 0 aliphatic heterocycles. The van der Waals surface area contributed by atoms with Gasteiger partial charge in [-0.25, -0.2) is 4.79 Å². The quantitative estimate of drug-likeness (QED) is 0.572. The maximum atomic E-state index is 11.7. The van der Waals surface area contributed by atoms with Crippen molar-refractivity contribution in [2.24, 2.45) is 0 Å². The number of phenolic OH excluding ortho intramolecular Hbond substituents is 1. The van der Waals surface area contributed by atoms with Crippen LogP contribution in [0.1, 0.15) is 18.4 Å². The van der Waals surface area contributed by atoms with Crippen LogP contribution in [0.15, 0.2) is 24.3 Å². The van der Waals surface area contributed by atoms with Crippen molar-refractivity contribution >= 4 is 17.8 Å². The molecule has 108 valence electrons. The number of carboxylic acids is 2. The van der Waals surface area contributed by atoms with E-state index < -0.39 is 23.9 Å². The Labute approximate surface area is 114 Å². The second-order valence-corrected chi connectivity index (χ2v) is 4.24. The monoisotopic (exact) mass is 281 g/mol. The Bertz CT molecular complexity index is 513. The van der Waals surface area contributed by atoms with Gasteiger partial charge in [0.2, 0.25) is 5.91 Å². The van der Waals surface area contributed by atoms with Gasteiger partial charge in [-0.15, -0.1) is 0 Å². The summed E-state index contributed by atoms with van der Waals surface area (Å²) in [4.78, 5) is 33.0. The molecular formula is C13H15NO6. The summed E-state index contributed by atoms with van der Waals surface area (Å²) in [5.41, 5.74) is 0.532. The van der Waals surface area contributed by atoms with Crippen molar-refractivity contribution in [1.29, 1.82) is 0 Å². The van der Waals surface area contributed by atoms with E-state index in [1.54, 1.807) is 12.1 Å². The topological polar surface area (TPSA) is 124 Å². The van der Waals surface area contributed by atoms with E-state index in [2.05, 4.69) is 5.32 Å². The molecular weight excluding hydrogens is 266 g/mol. The maximum absolute atomic E-state index is 11.7. The van der Waals surface area contributed by atoms with Crippen LogP contribution < -0.4 is 5.32 Å². The summed E-state index contributed by atoms with van der Waals surface area (Å²) in [7, 11) is 0. The number of rotatable bonds is 7. The Morgan fingerprint density at radius 2 is 1.90 bits per heavy atom. The van der Waals surface area contributed by atoms with E-state index in [1.165, 1.54) is 12.1 Å². The zero-order valence-electron chi connectivity index (χ0n) is 10.6. The van der Waals surface area contributed by atoms with Crippen LogP contribution in [0.25, 0.3) is 0 Å². The third kappa shape index (κ3) is 5.38. The van der Waals surface area contributed by atoms with Crippen molar-refractivity contribution in [2.45, 2.75) is 25.3 Å². The van der Waals surface area contributed by atoms with Crippen LogP contribution in [0.2, 0.25) is 0 Å². The normalized spacial score (nSPS) is 11.6. The zero-order chi connectivity index (χ0) is 15.1. The third-order valence-electron chi connectivity index (χ3n) is 2.56. The highest BCUT2D eigenvalue weighted by atomic mass is 16.4. The molecule has 7 heteroatoms. The van der Waals surface area contributed by atoms with Crippen LogP contribution in [0.3, 0.4) is 0 Å². The lowest BCUT2D eigenvalue weighted by Gasteiger charge is -2.13. The number of carbonyl (C=O) groups excluding carboxylic acids is 1. The van der Waals surface area contributed by atoms with Gasteiger partial charge in [0.1, 0.15) is 11.8 Å². The molecule has 0 fully saturated rings. The lowest BCUT2D eigenvalue weighted by atomic mass is 10.1. The summed E-state index contributed by atoms with van der Waals surface area (Å²) >= 11 is 0. The van der Waals surface area contributed by atoms with Crippen LogP contribution in [0.5, 0.6) is 5.75 Å². The van der Waals surface area contributed by atoms with Crippen molar-refractivity contribution in [3.63, 3.8) is 0 Å². The number of nitrogens with one attached hydrogen (secondary N) is 1. The first-order valence-electron chi connectivity index (χ1n) is 5.90. The number of hydrogen-bond donors (Lipinski definition) is 4. The van der Waals surface area contributed by atoms with Gasteiger partial charge < -0.3 is 20.6 Å². The highest BCUT2D eigenvalue weighted by molar-refractivity contribution is 5.85. The van der Waals surface area contributed by atoms with Crippen LogP contribution >= 0.6 is 0 Å². The number of phenols is 1. The molecule has 1 aromatic carbocycles. The number of carbonyl (C=O) groups is 3. The fourth-order valence-corrected chi connectivity index (χ4v) is 1.62. The second kappa shape index (κ2) is 7.13. The number of aliphatic carboxylic acids is 2. The molecule has 4 N–H and O–H groups in total. The molecule has 1 aromatic rings. The van der Waals surface area contributed by atoms with E-state index in [-0.39, 0.29) is 25.0 Å². The summed E-state index contributed by atoms with van der Waals surface area (Å²) in [6.45, 7) is 0. The van der Waals surface area contributed by atoms with E-state index in [1.807, 2.05) is 0 Å². The molecule has 0 aliphatic rings. The van der Waals surface area contributed by atoms with E-state index in [9.17, 15) is 19.5 Å². The summed E-state index contributed by atoms with van der Waals surface area (Å²) in [6, 6.07) is 4.79. The SMILES string of the molecule is O=C(O)CC[C@H](NC(=O)Cc1cccc(O)c1)C(=O)O.